The Labute approximate surface area is 158 Å². The first-order chi connectivity index (χ1) is 11.9. The van der Waals surface area contributed by atoms with E-state index in [1.807, 2.05) is 31.2 Å². The van der Waals surface area contributed by atoms with Gasteiger partial charge in [0.05, 0.1) is 0 Å². The van der Waals surface area contributed by atoms with E-state index in [0.717, 1.165) is 21.0 Å². The van der Waals surface area contributed by atoms with Crippen LogP contribution in [0.25, 0.3) is 10.9 Å². The third kappa shape index (κ3) is 4.11. The number of hydrogen-bond acceptors (Lipinski definition) is 2. The molecule has 0 aliphatic heterocycles. The summed E-state index contributed by atoms with van der Waals surface area (Å²) in [7, 11) is 0. The van der Waals surface area contributed by atoms with E-state index in [1.165, 1.54) is 0 Å². The van der Waals surface area contributed by atoms with Gasteiger partial charge in [-0.25, -0.2) is 0 Å². The summed E-state index contributed by atoms with van der Waals surface area (Å²) >= 11 is 9.48. The molecule has 0 radical (unpaired) electrons. The van der Waals surface area contributed by atoms with Gasteiger partial charge in [0.15, 0.2) is 0 Å². The van der Waals surface area contributed by atoms with Gasteiger partial charge in [0, 0.05) is 38.6 Å². The molecule has 1 aromatic heterocycles. The van der Waals surface area contributed by atoms with Gasteiger partial charge < -0.3 is 10.3 Å². The Kier molecular flexibility index (Phi) is 5.25. The third-order valence-corrected chi connectivity index (χ3v) is 5.01. The Bertz CT molecular complexity index is 1010. The summed E-state index contributed by atoms with van der Waals surface area (Å²) in [5.41, 5.74) is 2.92. The Morgan fingerprint density at radius 2 is 2.00 bits per heavy atom. The molecule has 6 heteroatoms. The Morgan fingerprint density at radius 1 is 1.20 bits per heavy atom. The van der Waals surface area contributed by atoms with Crippen LogP contribution in [0.1, 0.15) is 21.5 Å². The zero-order valence-corrected chi connectivity index (χ0v) is 15.9. The molecule has 3 aromatic rings. The van der Waals surface area contributed by atoms with Gasteiger partial charge in [-0.2, -0.15) is 0 Å². The van der Waals surface area contributed by atoms with Crippen LogP contribution in [0.3, 0.4) is 0 Å². The van der Waals surface area contributed by atoms with Gasteiger partial charge in [-0.1, -0.05) is 33.6 Å². The Hall–Kier alpha value is -2.11. The predicted molar refractivity (Wildman–Crippen MR) is 104 cm³/mol. The number of H-pyrrole nitrogens is 1. The lowest BCUT2D eigenvalue weighted by molar-refractivity contribution is 0.0954. The largest absolute Gasteiger partial charge is 0.352 e. The van der Waals surface area contributed by atoms with Crippen LogP contribution in [-0.2, 0) is 6.42 Å². The highest BCUT2D eigenvalue weighted by Crippen LogP contribution is 2.21. The maximum atomic E-state index is 12.4. The number of aryl methyl sites for hydroxylation is 1. The second kappa shape index (κ2) is 7.42. The molecular weight excluding hydrogens is 404 g/mol. The van der Waals surface area contributed by atoms with E-state index in [2.05, 4.69) is 26.2 Å². The number of rotatable bonds is 4. The number of halogens is 2. The second-order valence-corrected chi connectivity index (χ2v) is 7.11. The molecule has 3 rings (SSSR count). The number of carbonyl (C=O) groups excluding carboxylic acids is 1. The number of fused-ring (bicyclic) bond motifs is 1. The van der Waals surface area contributed by atoms with Crippen molar-refractivity contribution in [2.24, 2.45) is 0 Å². The number of amides is 1. The SMILES string of the molecule is Cc1cc(=O)[nH]c2cc(C(=O)NCCc3cc(Cl)ccc3Br)ccc12. The van der Waals surface area contributed by atoms with Crippen LogP contribution in [0.2, 0.25) is 5.02 Å². The third-order valence-electron chi connectivity index (χ3n) is 4.00. The lowest BCUT2D eigenvalue weighted by atomic mass is 10.1. The molecule has 25 heavy (non-hydrogen) atoms. The molecule has 0 aliphatic carbocycles. The fourth-order valence-electron chi connectivity index (χ4n) is 2.72. The molecule has 0 spiro atoms. The van der Waals surface area contributed by atoms with E-state index in [1.54, 1.807) is 18.2 Å². The van der Waals surface area contributed by atoms with Crippen molar-refractivity contribution in [2.75, 3.05) is 6.54 Å². The van der Waals surface area contributed by atoms with Crippen molar-refractivity contribution in [3.8, 4) is 0 Å². The summed E-state index contributed by atoms with van der Waals surface area (Å²) in [6, 6.07) is 12.4. The standard InChI is InChI=1S/C19H16BrClN2O2/c1-11-8-18(24)23-17-10-13(2-4-15(11)17)19(25)22-7-6-12-9-14(21)3-5-16(12)20/h2-5,8-10H,6-7H2,1H3,(H,22,25)(H,23,24). The fourth-order valence-corrected chi connectivity index (χ4v) is 3.36. The molecule has 0 fully saturated rings. The van der Waals surface area contributed by atoms with E-state index in [0.29, 0.717) is 29.1 Å². The van der Waals surface area contributed by atoms with E-state index in [4.69, 9.17) is 11.6 Å². The second-order valence-electron chi connectivity index (χ2n) is 5.82. The minimum Gasteiger partial charge on any atom is -0.352 e. The Morgan fingerprint density at radius 3 is 2.80 bits per heavy atom. The van der Waals surface area contributed by atoms with Crippen molar-refractivity contribution in [3.05, 3.63) is 79.0 Å². The van der Waals surface area contributed by atoms with Crippen molar-refractivity contribution < 1.29 is 4.79 Å². The predicted octanol–water partition coefficient (Wildman–Crippen LogP) is 4.22. The summed E-state index contributed by atoms with van der Waals surface area (Å²) in [5.74, 6) is -0.178. The molecule has 4 nitrogen and oxygen atoms in total. The zero-order chi connectivity index (χ0) is 18.0. The Balaban J connectivity index is 1.72. The highest BCUT2D eigenvalue weighted by atomic mass is 79.9. The molecule has 0 aliphatic rings. The van der Waals surface area contributed by atoms with Crippen molar-refractivity contribution in [2.45, 2.75) is 13.3 Å². The molecular formula is C19H16BrClN2O2. The molecule has 2 aromatic carbocycles. The molecule has 1 heterocycles. The molecule has 0 bridgehead atoms. The van der Waals surface area contributed by atoms with Gasteiger partial charge in [-0.3, -0.25) is 9.59 Å². The van der Waals surface area contributed by atoms with Gasteiger partial charge in [-0.05, 0) is 54.8 Å². The summed E-state index contributed by atoms with van der Waals surface area (Å²) in [6.45, 7) is 2.36. The summed E-state index contributed by atoms with van der Waals surface area (Å²) in [6.07, 6.45) is 0.663. The van der Waals surface area contributed by atoms with Crippen LogP contribution in [0, 0.1) is 6.92 Å². The smallest absolute Gasteiger partial charge is 0.251 e. The molecule has 0 atom stereocenters. The monoisotopic (exact) mass is 418 g/mol. The van der Waals surface area contributed by atoms with E-state index in [-0.39, 0.29) is 11.5 Å². The lowest BCUT2D eigenvalue weighted by Gasteiger charge is -2.09. The van der Waals surface area contributed by atoms with Gasteiger partial charge in [-0.15, -0.1) is 0 Å². The molecule has 2 N–H and O–H groups in total. The van der Waals surface area contributed by atoms with Crippen molar-refractivity contribution in [1.29, 1.82) is 0 Å². The lowest BCUT2D eigenvalue weighted by Crippen LogP contribution is -2.25. The minimum absolute atomic E-state index is 0.173. The summed E-state index contributed by atoms with van der Waals surface area (Å²) < 4.78 is 0.963. The van der Waals surface area contributed by atoms with Crippen LogP contribution in [0.4, 0.5) is 0 Å². The maximum Gasteiger partial charge on any atom is 0.251 e. The van der Waals surface area contributed by atoms with Gasteiger partial charge >= 0.3 is 0 Å². The first-order valence-corrected chi connectivity index (χ1v) is 8.97. The van der Waals surface area contributed by atoms with E-state index < -0.39 is 0 Å². The number of nitrogens with one attached hydrogen (secondary N) is 2. The maximum absolute atomic E-state index is 12.4. The van der Waals surface area contributed by atoms with E-state index in [9.17, 15) is 9.59 Å². The van der Waals surface area contributed by atoms with Gasteiger partial charge in [0.2, 0.25) is 5.56 Å². The normalized spacial score (nSPS) is 10.8. The first kappa shape index (κ1) is 17.7. The fraction of sp³-hybridized carbons (Fsp3) is 0.158. The van der Waals surface area contributed by atoms with Crippen molar-refractivity contribution in [3.63, 3.8) is 0 Å². The van der Waals surface area contributed by atoms with Crippen LogP contribution in [0.15, 0.2) is 51.7 Å². The molecule has 1 amide bonds. The molecule has 0 saturated heterocycles. The van der Waals surface area contributed by atoms with Crippen LogP contribution >= 0.6 is 27.5 Å². The highest BCUT2D eigenvalue weighted by Gasteiger charge is 2.08. The number of benzene rings is 2. The number of pyridine rings is 1. The first-order valence-electron chi connectivity index (χ1n) is 7.80. The van der Waals surface area contributed by atoms with Crippen LogP contribution in [-0.4, -0.2) is 17.4 Å². The topological polar surface area (TPSA) is 62.0 Å². The van der Waals surface area contributed by atoms with Gasteiger partial charge in [0.1, 0.15) is 0 Å². The number of carbonyl (C=O) groups is 1. The minimum atomic E-state index is -0.178. The zero-order valence-electron chi connectivity index (χ0n) is 13.5. The quantitative estimate of drug-likeness (QED) is 0.665. The average molecular weight is 420 g/mol. The molecule has 128 valence electrons. The summed E-state index contributed by atoms with van der Waals surface area (Å²) in [5, 5.41) is 4.49. The van der Waals surface area contributed by atoms with Crippen molar-refractivity contribution >= 4 is 44.3 Å². The van der Waals surface area contributed by atoms with Crippen LogP contribution in [0.5, 0.6) is 0 Å². The van der Waals surface area contributed by atoms with Crippen LogP contribution < -0.4 is 10.9 Å². The highest BCUT2D eigenvalue weighted by molar-refractivity contribution is 9.10. The average Bonchev–Trinajstić information content (AvgIpc) is 2.57. The van der Waals surface area contributed by atoms with Crippen molar-refractivity contribution in [1.82, 2.24) is 10.3 Å². The molecule has 0 saturated carbocycles. The van der Waals surface area contributed by atoms with E-state index >= 15 is 0 Å². The molecule has 0 unspecified atom stereocenters. The van der Waals surface area contributed by atoms with Gasteiger partial charge in [0.25, 0.3) is 5.91 Å². The number of hydrogen-bond donors (Lipinski definition) is 2. The summed E-state index contributed by atoms with van der Waals surface area (Å²) in [4.78, 5) is 26.7. The number of aromatic nitrogens is 1. The number of aromatic amines is 1.